The minimum Gasteiger partial charge on any atom is -0.465 e. The van der Waals surface area contributed by atoms with Crippen molar-refractivity contribution >= 4 is 46.2 Å². The molecule has 2 aromatic rings. The molecule has 0 aliphatic carbocycles. The standard InChI is InChI=1S/C16H11IN2O3/c17-11-6-8-12(9-7-11)19-16(21)14(15(20)18-19)5-1-3-13-4-2-10-22-13/h1-10H,(H,18,20). The van der Waals surface area contributed by atoms with E-state index in [2.05, 4.69) is 28.0 Å². The van der Waals surface area contributed by atoms with Gasteiger partial charge in [-0.15, -0.1) is 0 Å². The number of rotatable bonds is 3. The lowest BCUT2D eigenvalue weighted by molar-refractivity contribution is -0.117. The van der Waals surface area contributed by atoms with E-state index in [9.17, 15) is 9.59 Å². The Balaban J connectivity index is 1.80. The molecule has 0 radical (unpaired) electrons. The first-order valence-corrected chi connectivity index (χ1v) is 7.56. The molecule has 3 rings (SSSR count). The molecule has 0 saturated carbocycles. The van der Waals surface area contributed by atoms with Crippen molar-refractivity contribution in [3.63, 3.8) is 0 Å². The number of carbonyl (C=O) groups is 2. The minimum atomic E-state index is -0.423. The number of benzene rings is 1. The number of nitrogens with one attached hydrogen (secondary N) is 1. The Labute approximate surface area is 140 Å². The van der Waals surface area contributed by atoms with Gasteiger partial charge in [0.15, 0.2) is 0 Å². The van der Waals surface area contributed by atoms with E-state index in [1.807, 2.05) is 12.1 Å². The summed E-state index contributed by atoms with van der Waals surface area (Å²) in [5.74, 6) is -0.153. The highest BCUT2D eigenvalue weighted by Crippen LogP contribution is 2.21. The molecule has 1 aromatic heterocycles. The normalized spacial score (nSPS) is 16.8. The molecule has 1 aliphatic heterocycles. The van der Waals surface area contributed by atoms with E-state index in [0.29, 0.717) is 11.4 Å². The van der Waals surface area contributed by atoms with Gasteiger partial charge in [0.2, 0.25) is 0 Å². The van der Waals surface area contributed by atoms with Gasteiger partial charge in [-0.3, -0.25) is 15.0 Å². The second-order valence-electron chi connectivity index (χ2n) is 4.51. The number of carbonyl (C=O) groups excluding carboxylic acids is 2. The van der Waals surface area contributed by atoms with Crippen LogP contribution in [0.1, 0.15) is 5.76 Å². The van der Waals surface area contributed by atoms with E-state index < -0.39 is 5.91 Å². The van der Waals surface area contributed by atoms with Crippen molar-refractivity contribution in [2.45, 2.75) is 0 Å². The minimum absolute atomic E-state index is 0.0846. The van der Waals surface area contributed by atoms with E-state index in [4.69, 9.17) is 4.42 Å². The van der Waals surface area contributed by atoms with Gasteiger partial charge >= 0.3 is 0 Å². The van der Waals surface area contributed by atoms with Gasteiger partial charge in [0, 0.05) is 3.57 Å². The van der Waals surface area contributed by atoms with Crippen LogP contribution in [0.25, 0.3) is 6.08 Å². The fourth-order valence-corrected chi connectivity index (χ4v) is 2.33. The fourth-order valence-electron chi connectivity index (χ4n) is 1.97. The van der Waals surface area contributed by atoms with E-state index >= 15 is 0 Å². The lowest BCUT2D eigenvalue weighted by Gasteiger charge is -2.14. The number of hydrogen-bond donors (Lipinski definition) is 1. The highest BCUT2D eigenvalue weighted by atomic mass is 127. The van der Waals surface area contributed by atoms with Crippen LogP contribution >= 0.6 is 22.6 Å². The summed E-state index contributed by atoms with van der Waals surface area (Å²) in [6.45, 7) is 0. The highest BCUT2D eigenvalue weighted by Gasteiger charge is 2.33. The van der Waals surface area contributed by atoms with E-state index in [1.165, 1.54) is 11.1 Å². The van der Waals surface area contributed by atoms with Crippen LogP contribution in [0, 0.1) is 3.57 Å². The van der Waals surface area contributed by atoms with Crippen LogP contribution in [0.2, 0.25) is 0 Å². The average Bonchev–Trinajstić information content (AvgIpc) is 3.11. The van der Waals surface area contributed by atoms with Gasteiger partial charge in [0.1, 0.15) is 11.3 Å². The third-order valence-corrected chi connectivity index (χ3v) is 3.76. The molecule has 0 unspecified atom stereocenters. The zero-order valence-electron chi connectivity index (χ0n) is 11.3. The van der Waals surface area contributed by atoms with Crippen LogP contribution in [-0.4, -0.2) is 11.8 Å². The lowest BCUT2D eigenvalue weighted by atomic mass is 10.2. The van der Waals surface area contributed by atoms with E-state index in [-0.39, 0.29) is 11.5 Å². The zero-order valence-corrected chi connectivity index (χ0v) is 13.5. The van der Waals surface area contributed by atoms with Gasteiger partial charge in [0.05, 0.1) is 12.0 Å². The van der Waals surface area contributed by atoms with Crippen LogP contribution in [0.4, 0.5) is 5.69 Å². The van der Waals surface area contributed by atoms with Crippen LogP contribution in [0.3, 0.4) is 0 Å². The average molecular weight is 406 g/mol. The molecule has 2 heterocycles. The summed E-state index contributed by atoms with van der Waals surface area (Å²) < 4.78 is 6.19. The largest absolute Gasteiger partial charge is 0.465 e. The predicted octanol–water partition coefficient (Wildman–Crippen LogP) is 2.90. The molecule has 0 bridgehead atoms. The molecule has 1 aliphatic rings. The van der Waals surface area contributed by atoms with Gasteiger partial charge in [-0.2, -0.15) is 0 Å². The number of anilines is 1. The van der Waals surface area contributed by atoms with Crippen molar-refractivity contribution < 1.29 is 14.0 Å². The molecule has 1 aromatic carbocycles. The van der Waals surface area contributed by atoms with Gasteiger partial charge in [0.25, 0.3) is 11.8 Å². The molecular formula is C16H11IN2O3. The van der Waals surface area contributed by atoms with E-state index in [0.717, 1.165) is 3.57 Å². The molecule has 5 nitrogen and oxygen atoms in total. The molecule has 1 N–H and O–H groups in total. The van der Waals surface area contributed by atoms with Gasteiger partial charge in [-0.1, -0.05) is 6.08 Å². The summed E-state index contributed by atoms with van der Waals surface area (Å²) in [6.07, 6.45) is 6.33. The van der Waals surface area contributed by atoms with Crippen molar-refractivity contribution in [2.75, 3.05) is 5.01 Å². The van der Waals surface area contributed by atoms with Crippen molar-refractivity contribution in [1.82, 2.24) is 5.43 Å². The van der Waals surface area contributed by atoms with Crippen LogP contribution in [0.5, 0.6) is 0 Å². The van der Waals surface area contributed by atoms with Crippen molar-refractivity contribution in [3.05, 3.63) is 69.7 Å². The summed E-state index contributed by atoms with van der Waals surface area (Å²) in [5, 5.41) is 1.24. The smallest absolute Gasteiger partial charge is 0.282 e. The van der Waals surface area contributed by atoms with Crippen molar-refractivity contribution in [3.8, 4) is 0 Å². The molecule has 0 atom stereocenters. The summed E-state index contributed by atoms with van der Waals surface area (Å²) in [6, 6.07) is 10.8. The maximum atomic E-state index is 12.3. The number of furan rings is 1. The molecular weight excluding hydrogens is 395 g/mol. The monoisotopic (exact) mass is 406 g/mol. The molecule has 6 heteroatoms. The first-order chi connectivity index (χ1) is 10.6. The predicted molar refractivity (Wildman–Crippen MR) is 90.6 cm³/mol. The lowest BCUT2D eigenvalue weighted by Crippen LogP contribution is -2.35. The van der Waals surface area contributed by atoms with Crippen LogP contribution < -0.4 is 10.4 Å². The van der Waals surface area contributed by atoms with Crippen molar-refractivity contribution in [2.24, 2.45) is 0 Å². The maximum absolute atomic E-state index is 12.3. The first kappa shape index (κ1) is 14.6. The summed E-state index contributed by atoms with van der Waals surface area (Å²) in [5.41, 5.74) is 3.26. The Bertz CT molecular complexity index is 761. The number of hydrogen-bond acceptors (Lipinski definition) is 3. The number of halogens is 1. The molecule has 1 fully saturated rings. The topological polar surface area (TPSA) is 62.6 Å². The number of hydrazine groups is 1. The number of allylic oxidation sites excluding steroid dienone is 2. The molecule has 110 valence electrons. The zero-order chi connectivity index (χ0) is 15.5. The summed E-state index contributed by atoms with van der Waals surface area (Å²) in [4.78, 5) is 24.2. The third-order valence-electron chi connectivity index (χ3n) is 3.04. The Kier molecular flexibility index (Phi) is 4.10. The maximum Gasteiger partial charge on any atom is 0.282 e. The van der Waals surface area contributed by atoms with Gasteiger partial charge in [-0.05, 0) is 71.1 Å². The SMILES string of the molecule is O=C1NN(c2ccc(I)cc2)C(=O)C1=CC=Cc1ccco1. The number of amides is 2. The van der Waals surface area contributed by atoms with Gasteiger partial charge in [-0.25, -0.2) is 5.01 Å². The molecule has 0 spiro atoms. The number of nitrogens with zero attached hydrogens (tertiary/aromatic N) is 1. The summed E-state index contributed by atoms with van der Waals surface area (Å²) in [7, 11) is 0. The Morgan fingerprint density at radius 3 is 2.59 bits per heavy atom. The van der Waals surface area contributed by atoms with Crippen LogP contribution in [0.15, 0.2) is 64.8 Å². The second-order valence-corrected chi connectivity index (χ2v) is 5.76. The summed E-state index contributed by atoms with van der Waals surface area (Å²) >= 11 is 2.18. The van der Waals surface area contributed by atoms with Crippen molar-refractivity contribution in [1.29, 1.82) is 0 Å². The molecule has 1 saturated heterocycles. The van der Waals surface area contributed by atoms with Gasteiger partial charge < -0.3 is 4.42 Å². The second kappa shape index (κ2) is 6.18. The van der Waals surface area contributed by atoms with E-state index in [1.54, 1.807) is 42.7 Å². The fraction of sp³-hybridized carbons (Fsp3) is 0. The van der Waals surface area contributed by atoms with Crippen LogP contribution in [-0.2, 0) is 9.59 Å². The highest BCUT2D eigenvalue weighted by molar-refractivity contribution is 14.1. The first-order valence-electron chi connectivity index (χ1n) is 6.48. The Hall–Kier alpha value is -2.35. The Morgan fingerprint density at radius 2 is 1.91 bits per heavy atom. The molecule has 22 heavy (non-hydrogen) atoms. The quantitative estimate of drug-likeness (QED) is 0.485. The third kappa shape index (κ3) is 2.96. The molecule has 2 amide bonds. The Morgan fingerprint density at radius 1 is 1.14 bits per heavy atom.